The number of anilines is 2. The van der Waals surface area contributed by atoms with Gasteiger partial charge in [-0.15, -0.1) is 22.7 Å². The number of methoxy groups -OCH3 is 1. The Hall–Kier alpha value is -2.60. The van der Waals surface area contributed by atoms with Gasteiger partial charge >= 0.3 is 0 Å². The van der Waals surface area contributed by atoms with Crippen molar-refractivity contribution in [3.63, 3.8) is 0 Å². The van der Waals surface area contributed by atoms with Crippen LogP contribution in [0.1, 0.15) is 10.4 Å². The van der Waals surface area contributed by atoms with E-state index in [1.54, 1.807) is 7.11 Å². The lowest BCUT2D eigenvalue weighted by Gasteiger charge is -2.35. The van der Waals surface area contributed by atoms with Crippen LogP contribution in [-0.2, 0) is 17.7 Å². The predicted octanol–water partition coefficient (Wildman–Crippen LogP) is 3.91. The van der Waals surface area contributed by atoms with E-state index < -0.39 is 0 Å². The Morgan fingerprint density at radius 3 is 2.55 bits per heavy atom. The van der Waals surface area contributed by atoms with Crippen molar-refractivity contribution in [1.29, 1.82) is 0 Å². The molecule has 0 bridgehead atoms. The summed E-state index contributed by atoms with van der Waals surface area (Å²) in [7, 11) is 1.79. The van der Waals surface area contributed by atoms with Crippen LogP contribution >= 0.6 is 22.7 Å². The fourth-order valence-electron chi connectivity index (χ4n) is 6.01. The lowest BCUT2D eigenvalue weighted by atomic mass is 10.0. The third-order valence-electron chi connectivity index (χ3n) is 8.31. The van der Waals surface area contributed by atoms with Gasteiger partial charge in [-0.05, 0) is 48.4 Å². The number of ether oxygens (including phenoxy) is 1. The summed E-state index contributed by atoms with van der Waals surface area (Å²) in [5, 5.41) is 9.57. The van der Waals surface area contributed by atoms with Crippen LogP contribution in [0.4, 0.5) is 10.8 Å². The summed E-state index contributed by atoms with van der Waals surface area (Å²) in [5.41, 5.74) is 6.33. The van der Waals surface area contributed by atoms with E-state index in [0.29, 0.717) is 0 Å². The van der Waals surface area contributed by atoms with Crippen LogP contribution < -0.4 is 20.4 Å². The topological polar surface area (TPSA) is 68.8 Å². The number of rotatable bonds is 7. The van der Waals surface area contributed by atoms with E-state index in [1.165, 1.54) is 31.3 Å². The molecule has 2 saturated heterocycles. The summed E-state index contributed by atoms with van der Waals surface area (Å²) in [6, 6.07) is 11.0. The molecule has 0 saturated carbocycles. The number of fused-ring (bicyclic) bond motifs is 2. The first-order chi connectivity index (χ1) is 19.8. The third-order valence-corrected chi connectivity index (χ3v) is 10.6. The van der Waals surface area contributed by atoms with Crippen molar-refractivity contribution >= 4 is 43.7 Å². The van der Waals surface area contributed by atoms with Crippen LogP contribution in [0.25, 0.3) is 31.9 Å². The zero-order chi connectivity index (χ0) is 26.9. The molecule has 4 aromatic rings. The number of pyridine rings is 1. The first kappa shape index (κ1) is 26.3. The normalized spacial score (nSPS) is 18.4. The van der Waals surface area contributed by atoms with Crippen LogP contribution in [0.5, 0.6) is 0 Å². The van der Waals surface area contributed by atoms with Gasteiger partial charge in [0.1, 0.15) is 15.8 Å². The molecule has 0 aliphatic carbocycles. The third kappa shape index (κ3) is 5.24. The predicted molar refractivity (Wildman–Crippen MR) is 167 cm³/mol. The highest BCUT2D eigenvalue weighted by Crippen LogP contribution is 2.47. The summed E-state index contributed by atoms with van der Waals surface area (Å²) < 4.78 is 6.55. The number of piperazine rings is 2. The molecule has 210 valence electrons. The first-order valence-corrected chi connectivity index (χ1v) is 16.0. The number of hydrogen-bond acceptors (Lipinski definition) is 10. The first-order valence-electron chi connectivity index (χ1n) is 14.4. The van der Waals surface area contributed by atoms with Gasteiger partial charge in [-0.1, -0.05) is 6.07 Å². The maximum absolute atomic E-state index is 5.31. The summed E-state index contributed by atoms with van der Waals surface area (Å²) in [6.45, 7) is 12.1. The van der Waals surface area contributed by atoms with E-state index in [9.17, 15) is 0 Å². The average Bonchev–Trinajstić information content (AvgIpc) is 3.62. The van der Waals surface area contributed by atoms with Gasteiger partial charge in [0, 0.05) is 94.8 Å². The van der Waals surface area contributed by atoms with Crippen molar-refractivity contribution in [2.24, 2.45) is 0 Å². The molecular formula is C30H37N7OS2. The summed E-state index contributed by atoms with van der Waals surface area (Å²) in [5.74, 6) is 1.06. The molecule has 0 amide bonds. The van der Waals surface area contributed by atoms with Crippen molar-refractivity contribution in [2.75, 3.05) is 89.0 Å². The summed E-state index contributed by atoms with van der Waals surface area (Å²) >= 11 is 3.81. The second-order valence-corrected chi connectivity index (χ2v) is 12.9. The fourth-order valence-corrected chi connectivity index (χ4v) is 8.52. The maximum atomic E-state index is 5.31. The monoisotopic (exact) mass is 575 g/mol. The number of thiophene rings is 1. The molecule has 3 aromatic heterocycles. The SMILES string of the molecule is COCCN1CCN(c2sc3c(c2-c2nc4ccc(-c5ccc(N6CCNCC6)nc5)cc4s2)CCNC3)CC1. The molecule has 1 aromatic carbocycles. The Morgan fingerprint density at radius 2 is 1.75 bits per heavy atom. The molecule has 0 spiro atoms. The zero-order valence-electron chi connectivity index (χ0n) is 23.1. The second kappa shape index (κ2) is 11.7. The van der Waals surface area contributed by atoms with E-state index in [4.69, 9.17) is 14.7 Å². The Morgan fingerprint density at radius 1 is 0.900 bits per heavy atom. The van der Waals surface area contributed by atoms with E-state index in [1.807, 2.05) is 28.9 Å². The Balaban J connectivity index is 1.17. The molecule has 3 aliphatic heterocycles. The molecule has 10 heteroatoms. The number of thiazole rings is 1. The van der Waals surface area contributed by atoms with Crippen molar-refractivity contribution < 1.29 is 4.74 Å². The molecule has 0 atom stereocenters. The van der Waals surface area contributed by atoms with E-state index in [0.717, 1.165) is 107 Å². The Bertz CT molecular complexity index is 1450. The number of nitrogens with one attached hydrogen (secondary N) is 2. The smallest absolute Gasteiger partial charge is 0.128 e. The molecule has 8 nitrogen and oxygen atoms in total. The van der Waals surface area contributed by atoms with Gasteiger partial charge in [0.25, 0.3) is 0 Å². The van der Waals surface area contributed by atoms with E-state index >= 15 is 0 Å². The molecule has 0 radical (unpaired) electrons. The number of hydrogen-bond donors (Lipinski definition) is 2. The minimum absolute atomic E-state index is 0.800. The van der Waals surface area contributed by atoms with Gasteiger partial charge in [-0.3, -0.25) is 4.90 Å². The summed E-state index contributed by atoms with van der Waals surface area (Å²) in [4.78, 5) is 19.0. The largest absolute Gasteiger partial charge is 0.383 e. The lowest BCUT2D eigenvalue weighted by Crippen LogP contribution is -2.47. The zero-order valence-corrected chi connectivity index (χ0v) is 24.8. The lowest BCUT2D eigenvalue weighted by molar-refractivity contribution is 0.144. The van der Waals surface area contributed by atoms with Gasteiger partial charge in [-0.25, -0.2) is 9.97 Å². The van der Waals surface area contributed by atoms with Crippen LogP contribution in [0.3, 0.4) is 0 Å². The minimum atomic E-state index is 0.800. The van der Waals surface area contributed by atoms with Gasteiger partial charge < -0.3 is 25.2 Å². The highest BCUT2D eigenvalue weighted by atomic mass is 32.1. The molecule has 0 unspecified atom stereocenters. The van der Waals surface area contributed by atoms with Crippen LogP contribution in [0.15, 0.2) is 36.5 Å². The summed E-state index contributed by atoms with van der Waals surface area (Å²) in [6.07, 6.45) is 3.09. The van der Waals surface area contributed by atoms with Gasteiger partial charge in [-0.2, -0.15) is 0 Å². The Labute approximate surface area is 244 Å². The quantitative estimate of drug-likeness (QED) is 0.344. The van der Waals surface area contributed by atoms with Crippen molar-refractivity contribution in [3.8, 4) is 21.7 Å². The van der Waals surface area contributed by atoms with E-state index in [2.05, 4.69) is 55.7 Å². The Kier molecular flexibility index (Phi) is 7.71. The minimum Gasteiger partial charge on any atom is -0.383 e. The van der Waals surface area contributed by atoms with Gasteiger partial charge in [0.15, 0.2) is 0 Å². The highest BCUT2D eigenvalue weighted by Gasteiger charge is 2.28. The number of nitrogens with zero attached hydrogens (tertiary/aromatic N) is 5. The molecule has 6 heterocycles. The molecule has 3 aliphatic rings. The van der Waals surface area contributed by atoms with Crippen molar-refractivity contribution in [3.05, 3.63) is 47.0 Å². The second-order valence-electron chi connectivity index (χ2n) is 10.8. The molecular weight excluding hydrogens is 539 g/mol. The van der Waals surface area contributed by atoms with Gasteiger partial charge in [0.2, 0.25) is 0 Å². The standard InChI is InChI=1S/C30H37N7OS2/c1-38-17-16-35-12-14-37(15-13-35)30-28(23-6-7-32-20-26(23)40-30)29-34-24-4-2-21(18-25(24)39-29)22-3-5-27(33-19-22)36-10-8-31-9-11-36/h2-5,18-19,31-32H,6-17,20H2,1H3. The van der Waals surface area contributed by atoms with Crippen molar-refractivity contribution in [2.45, 2.75) is 13.0 Å². The molecule has 2 N–H and O–H groups in total. The highest BCUT2D eigenvalue weighted by molar-refractivity contribution is 7.22. The molecule has 40 heavy (non-hydrogen) atoms. The van der Waals surface area contributed by atoms with E-state index in [-0.39, 0.29) is 0 Å². The van der Waals surface area contributed by atoms with Crippen molar-refractivity contribution in [1.82, 2.24) is 25.5 Å². The van der Waals surface area contributed by atoms with Gasteiger partial charge in [0.05, 0.1) is 16.8 Å². The molecule has 7 rings (SSSR count). The fraction of sp³-hybridized carbons (Fsp3) is 0.467. The maximum Gasteiger partial charge on any atom is 0.128 e. The number of aromatic nitrogens is 2. The van der Waals surface area contributed by atoms with Crippen LogP contribution in [0.2, 0.25) is 0 Å². The molecule has 2 fully saturated rings. The average molecular weight is 576 g/mol. The number of benzene rings is 1. The van der Waals surface area contributed by atoms with Crippen LogP contribution in [-0.4, -0.2) is 94.0 Å². The van der Waals surface area contributed by atoms with Crippen LogP contribution in [0, 0.1) is 0 Å².